The maximum atomic E-state index is 14.9. The molecule has 1 fully saturated rings. The van der Waals surface area contributed by atoms with Crippen LogP contribution in [-0.2, 0) is 6.18 Å². The first-order chi connectivity index (χ1) is 18.5. The normalized spacial score (nSPS) is 17.0. The standard InChI is InChI=1S/C27H31F6N5O2/c1-14(17-6-16(34)7-19(23(17)28)27(31,32)33)35-24-18-8-22(21(39-5)9-20(18)36-15(2)37-24)40-13-25(12-38(3)4)10-26(29,30)11-25/h6-9,14H,10-13,34H2,1-5H3,(H,35,36,37)/t14-/m1/s1. The molecule has 3 aromatic rings. The molecular formula is C27H31F6N5O2. The van der Waals surface area contributed by atoms with Gasteiger partial charge in [-0.25, -0.2) is 23.1 Å². The van der Waals surface area contributed by atoms with Gasteiger partial charge in [-0.15, -0.1) is 0 Å². The fraction of sp³-hybridized carbons (Fsp3) is 0.481. The van der Waals surface area contributed by atoms with E-state index in [1.807, 2.05) is 4.90 Å². The van der Waals surface area contributed by atoms with Gasteiger partial charge in [0.1, 0.15) is 17.5 Å². The van der Waals surface area contributed by atoms with Crippen molar-refractivity contribution in [2.45, 2.75) is 44.8 Å². The van der Waals surface area contributed by atoms with Crippen LogP contribution in [0.1, 0.15) is 42.8 Å². The Hall–Kier alpha value is -3.48. The maximum Gasteiger partial charge on any atom is 0.419 e. The molecule has 0 bridgehead atoms. The van der Waals surface area contributed by atoms with Gasteiger partial charge >= 0.3 is 6.18 Å². The largest absolute Gasteiger partial charge is 0.493 e. The monoisotopic (exact) mass is 571 g/mol. The summed E-state index contributed by atoms with van der Waals surface area (Å²) in [5.74, 6) is -3.09. The summed E-state index contributed by atoms with van der Waals surface area (Å²) in [6.45, 7) is 3.50. The second-order valence-corrected chi connectivity index (χ2v) is 10.7. The second-order valence-electron chi connectivity index (χ2n) is 10.7. The summed E-state index contributed by atoms with van der Waals surface area (Å²) in [6, 6.07) is 3.86. The molecule has 0 radical (unpaired) electrons. The summed E-state index contributed by atoms with van der Waals surface area (Å²) in [5.41, 5.74) is 3.32. The number of hydrogen-bond donors (Lipinski definition) is 2. The molecule has 0 spiro atoms. The van der Waals surface area contributed by atoms with E-state index in [4.69, 9.17) is 15.2 Å². The first-order valence-electron chi connectivity index (χ1n) is 12.5. The van der Waals surface area contributed by atoms with Gasteiger partial charge in [-0.1, -0.05) is 0 Å². The molecule has 7 nitrogen and oxygen atoms in total. The zero-order valence-electron chi connectivity index (χ0n) is 22.7. The van der Waals surface area contributed by atoms with E-state index in [-0.39, 0.29) is 42.3 Å². The number of ether oxygens (including phenoxy) is 2. The van der Waals surface area contributed by atoms with E-state index in [2.05, 4.69) is 15.3 Å². The zero-order chi connectivity index (χ0) is 29.6. The molecule has 1 aliphatic rings. The second kappa shape index (κ2) is 10.5. The van der Waals surface area contributed by atoms with Gasteiger partial charge in [0, 0.05) is 47.5 Å². The number of anilines is 2. The number of hydrogen-bond acceptors (Lipinski definition) is 7. The summed E-state index contributed by atoms with van der Waals surface area (Å²) in [5, 5.41) is 3.38. The molecule has 13 heteroatoms. The average molecular weight is 572 g/mol. The van der Waals surface area contributed by atoms with Crippen molar-refractivity contribution in [3.05, 3.63) is 47.0 Å². The number of methoxy groups -OCH3 is 1. The first kappa shape index (κ1) is 29.5. The fourth-order valence-electron chi connectivity index (χ4n) is 5.32. The Labute approximate surface area is 227 Å². The summed E-state index contributed by atoms with van der Waals surface area (Å²) in [4.78, 5) is 10.6. The van der Waals surface area contributed by atoms with Crippen LogP contribution in [0.3, 0.4) is 0 Å². The van der Waals surface area contributed by atoms with Crippen LogP contribution in [0.5, 0.6) is 11.5 Å². The summed E-state index contributed by atoms with van der Waals surface area (Å²) >= 11 is 0. The van der Waals surface area contributed by atoms with E-state index in [1.54, 1.807) is 33.2 Å². The highest BCUT2D eigenvalue weighted by atomic mass is 19.4. The first-order valence-corrected chi connectivity index (χ1v) is 12.5. The highest BCUT2D eigenvalue weighted by molar-refractivity contribution is 5.92. The van der Waals surface area contributed by atoms with Crippen molar-refractivity contribution in [3.8, 4) is 11.5 Å². The zero-order valence-corrected chi connectivity index (χ0v) is 22.7. The minimum atomic E-state index is -4.93. The van der Waals surface area contributed by atoms with E-state index in [9.17, 15) is 26.3 Å². The molecule has 0 unspecified atom stereocenters. The molecule has 2 aromatic carbocycles. The lowest BCUT2D eigenvalue weighted by atomic mass is 9.66. The molecular weight excluding hydrogens is 540 g/mol. The quantitative estimate of drug-likeness (QED) is 0.233. The van der Waals surface area contributed by atoms with Crippen LogP contribution in [0.2, 0.25) is 0 Å². The van der Waals surface area contributed by atoms with Gasteiger partial charge in [0.05, 0.1) is 30.8 Å². The lowest BCUT2D eigenvalue weighted by Gasteiger charge is -2.48. The van der Waals surface area contributed by atoms with Crippen LogP contribution in [0.15, 0.2) is 24.3 Å². The van der Waals surface area contributed by atoms with E-state index >= 15 is 0 Å². The van der Waals surface area contributed by atoms with Crippen molar-refractivity contribution >= 4 is 22.4 Å². The summed E-state index contributed by atoms with van der Waals surface area (Å²) in [6.07, 6.45) is -5.55. The Bertz CT molecular complexity index is 1400. The Balaban J connectivity index is 1.69. The van der Waals surface area contributed by atoms with Crippen molar-refractivity contribution in [2.75, 3.05) is 45.4 Å². The molecule has 1 aliphatic carbocycles. The van der Waals surface area contributed by atoms with Gasteiger partial charge in [0.2, 0.25) is 5.92 Å². The highest BCUT2D eigenvalue weighted by Crippen LogP contribution is 2.52. The molecule has 1 heterocycles. The number of fused-ring (bicyclic) bond motifs is 1. The van der Waals surface area contributed by atoms with E-state index in [0.29, 0.717) is 35.1 Å². The summed E-state index contributed by atoms with van der Waals surface area (Å²) in [7, 11) is 5.03. The van der Waals surface area contributed by atoms with E-state index in [1.165, 1.54) is 14.0 Å². The van der Waals surface area contributed by atoms with Crippen LogP contribution in [-0.4, -0.2) is 55.1 Å². The molecule has 0 aliphatic heterocycles. The molecule has 40 heavy (non-hydrogen) atoms. The number of benzene rings is 2. The molecule has 4 rings (SSSR count). The Kier molecular flexibility index (Phi) is 7.74. The molecule has 1 atom stereocenters. The molecule has 3 N–H and O–H groups in total. The average Bonchev–Trinajstić information content (AvgIpc) is 2.81. The maximum absolute atomic E-state index is 14.9. The number of aryl methyl sites for hydroxylation is 1. The molecule has 0 amide bonds. The number of alkyl halides is 5. The van der Waals surface area contributed by atoms with Crippen molar-refractivity contribution < 1.29 is 35.8 Å². The van der Waals surface area contributed by atoms with Crippen LogP contribution >= 0.6 is 0 Å². The Morgan fingerprint density at radius 1 is 1.10 bits per heavy atom. The fourth-order valence-corrected chi connectivity index (χ4v) is 5.32. The van der Waals surface area contributed by atoms with E-state index in [0.717, 1.165) is 6.07 Å². The molecule has 1 saturated carbocycles. The number of nitrogens with one attached hydrogen (secondary N) is 1. The van der Waals surface area contributed by atoms with Crippen molar-refractivity contribution in [3.63, 3.8) is 0 Å². The number of aromatic nitrogens is 2. The van der Waals surface area contributed by atoms with Crippen molar-refractivity contribution in [1.29, 1.82) is 0 Å². The van der Waals surface area contributed by atoms with E-state index < -0.39 is 34.9 Å². The third kappa shape index (κ3) is 6.13. The Morgan fingerprint density at radius 3 is 2.35 bits per heavy atom. The minimum Gasteiger partial charge on any atom is -0.493 e. The topological polar surface area (TPSA) is 85.5 Å². The van der Waals surface area contributed by atoms with Crippen LogP contribution in [0.4, 0.5) is 37.8 Å². The number of nitrogens with zero attached hydrogens (tertiary/aromatic N) is 3. The number of nitrogen functional groups attached to an aromatic ring is 1. The van der Waals surface area contributed by atoms with Gasteiger partial charge in [-0.3, -0.25) is 0 Å². The Morgan fingerprint density at radius 2 is 1.77 bits per heavy atom. The van der Waals surface area contributed by atoms with Gasteiger partial charge in [-0.05, 0) is 46.1 Å². The van der Waals surface area contributed by atoms with Crippen molar-refractivity contribution in [2.24, 2.45) is 5.41 Å². The summed E-state index contributed by atoms with van der Waals surface area (Å²) < 4.78 is 94.2. The van der Waals surface area contributed by atoms with Crippen LogP contribution in [0, 0.1) is 18.2 Å². The smallest absolute Gasteiger partial charge is 0.419 e. The predicted octanol–water partition coefficient (Wildman–Crippen LogP) is 6.22. The molecule has 1 aromatic heterocycles. The lowest BCUT2D eigenvalue weighted by Crippen LogP contribution is -2.54. The third-order valence-corrected chi connectivity index (χ3v) is 6.79. The molecule has 0 saturated heterocycles. The minimum absolute atomic E-state index is 0.00322. The highest BCUT2D eigenvalue weighted by Gasteiger charge is 2.57. The molecule has 218 valence electrons. The third-order valence-electron chi connectivity index (χ3n) is 6.79. The lowest BCUT2D eigenvalue weighted by molar-refractivity contribution is -0.177. The van der Waals surface area contributed by atoms with Crippen LogP contribution in [0.25, 0.3) is 10.9 Å². The van der Waals surface area contributed by atoms with Gasteiger partial charge in [-0.2, -0.15) is 13.2 Å². The predicted molar refractivity (Wildman–Crippen MR) is 139 cm³/mol. The van der Waals surface area contributed by atoms with Crippen LogP contribution < -0.4 is 20.5 Å². The van der Waals surface area contributed by atoms with Gasteiger partial charge in [0.25, 0.3) is 0 Å². The SMILES string of the molecule is COc1cc2nc(C)nc(N[C@H](C)c3cc(N)cc(C(F)(F)F)c3F)c2cc1OCC1(CN(C)C)CC(F)(F)C1. The number of rotatable bonds is 9. The number of nitrogens with two attached hydrogens (primary N) is 1. The van der Waals surface area contributed by atoms with Gasteiger partial charge in [0.15, 0.2) is 11.5 Å². The van der Waals surface area contributed by atoms with Gasteiger partial charge < -0.3 is 25.4 Å². The number of halogens is 6. The van der Waals surface area contributed by atoms with Crippen molar-refractivity contribution in [1.82, 2.24) is 14.9 Å².